The van der Waals surface area contributed by atoms with E-state index in [-0.39, 0.29) is 17.0 Å². The number of rotatable bonds is 8. The Morgan fingerprint density at radius 1 is 1.03 bits per heavy atom. The molecular formula is C22H18N2O5. The first-order valence-corrected chi connectivity index (χ1v) is 8.85. The topological polar surface area (TPSA) is 98.5 Å². The van der Waals surface area contributed by atoms with Crippen molar-refractivity contribution in [1.29, 1.82) is 0 Å². The number of nitrogens with zero attached hydrogens (tertiary/aromatic N) is 1. The molecule has 146 valence electrons. The second-order valence-electron chi connectivity index (χ2n) is 6.26. The van der Waals surface area contributed by atoms with Crippen LogP contribution in [0, 0.1) is 10.1 Å². The lowest BCUT2D eigenvalue weighted by Crippen LogP contribution is -2.21. The summed E-state index contributed by atoms with van der Waals surface area (Å²) in [5, 5.41) is 13.9. The molecule has 7 nitrogen and oxygen atoms in total. The van der Waals surface area contributed by atoms with E-state index in [1.165, 1.54) is 12.1 Å². The van der Waals surface area contributed by atoms with Crippen LogP contribution in [0.2, 0.25) is 0 Å². The van der Waals surface area contributed by atoms with Gasteiger partial charge in [-0.25, -0.2) is 0 Å². The van der Waals surface area contributed by atoms with E-state index in [2.05, 4.69) is 5.32 Å². The summed E-state index contributed by atoms with van der Waals surface area (Å²) in [7, 11) is 0. The Hall–Kier alpha value is -4.00. The average Bonchev–Trinajstić information content (AvgIpc) is 2.74. The molecule has 0 aliphatic heterocycles. The lowest BCUT2D eigenvalue weighted by molar-refractivity contribution is -0.385. The molecule has 3 rings (SSSR count). The van der Waals surface area contributed by atoms with Crippen LogP contribution in [0.1, 0.15) is 21.5 Å². The molecule has 0 aromatic heterocycles. The summed E-state index contributed by atoms with van der Waals surface area (Å²) < 4.78 is 5.32. The van der Waals surface area contributed by atoms with Crippen LogP contribution in [0.3, 0.4) is 0 Å². The summed E-state index contributed by atoms with van der Waals surface area (Å²) >= 11 is 0. The Bertz CT molecular complexity index is 1030. The highest BCUT2D eigenvalue weighted by Crippen LogP contribution is 2.27. The quantitative estimate of drug-likeness (QED) is 0.356. The van der Waals surface area contributed by atoms with Gasteiger partial charge in [-0.3, -0.25) is 19.7 Å². The summed E-state index contributed by atoms with van der Waals surface area (Å²) in [5.74, 6) is -0.521. The van der Waals surface area contributed by atoms with Crippen LogP contribution in [0.4, 0.5) is 11.4 Å². The average molecular weight is 390 g/mol. The molecule has 0 atom stereocenters. The van der Waals surface area contributed by atoms with Gasteiger partial charge < -0.3 is 10.1 Å². The normalized spacial score (nSPS) is 10.2. The van der Waals surface area contributed by atoms with Crippen molar-refractivity contribution in [3.05, 3.63) is 99.6 Å². The van der Waals surface area contributed by atoms with Crippen molar-refractivity contribution < 1.29 is 19.2 Å². The number of benzene rings is 3. The van der Waals surface area contributed by atoms with Crippen LogP contribution in [-0.4, -0.2) is 23.7 Å². The molecule has 0 saturated heterocycles. The van der Waals surface area contributed by atoms with Crippen molar-refractivity contribution >= 4 is 23.6 Å². The highest BCUT2D eigenvalue weighted by molar-refractivity contribution is 5.92. The van der Waals surface area contributed by atoms with Gasteiger partial charge >= 0.3 is 5.69 Å². The summed E-state index contributed by atoms with van der Waals surface area (Å²) in [6.07, 6.45) is 1.16. The number of nitrogens with one attached hydrogen (secondary N) is 1. The van der Waals surface area contributed by atoms with Gasteiger partial charge in [-0.05, 0) is 35.7 Å². The van der Waals surface area contributed by atoms with Crippen LogP contribution >= 0.6 is 0 Å². The lowest BCUT2D eigenvalue weighted by Gasteiger charge is -2.12. The minimum Gasteiger partial charge on any atom is -0.477 e. The zero-order chi connectivity index (χ0) is 20.6. The third kappa shape index (κ3) is 5.26. The Morgan fingerprint density at radius 3 is 2.48 bits per heavy atom. The molecule has 3 aromatic carbocycles. The molecule has 0 heterocycles. The SMILES string of the molecule is O=Cc1ccc(OCC(=O)Nc2ccccc2Cc2ccccc2)c([N+](=O)[O-])c1. The number of anilines is 1. The number of para-hydroxylation sites is 1. The van der Waals surface area contributed by atoms with Gasteiger partial charge in [0.2, 0.25) is 0 Å². The first kappa shape index (κ1) is 19.8. The molecule has 29 heavy (non-hydrogen) atoms. The molecule has 3 aromatic rings. The fourth-order valence-electron chi connectivity index (χ4n) is 2.81. The van der Waals surface area contributed by atoms with Gasteiger partial charge in [0.05, 0.1) is 4.92 Å². The molecule has 1 amide bonds. The Labute approximate surface area is 167 Å². The summed E-state index contributed by atoms with van der Waals surface area (Å²) in [5.41, 5.74) is 2.48. The predicted molar refractivity (Wildman–Crippen MR) is 108 cm³/mol. The Morgan fingerprint density at radius 2 is 1.76 bits per heavy atom. The van der Waals surface area contributed by atoms with Crippen molar-refractivity contribution in [2.24, 2.45) is 0 Å². The van der Waals surface area contributed by atoms with E-state index in [0.717, 1.165) is 17.2 Å². The highest BCUT2D eigenvalue weighted by Gasteiger charge is 2.17. The van der Waals surface area contributed by atoms with Crippen LogP contribution in [0.5, 0.6) is 5.75 Å². The van der Waals surface area contributed by atoms with Crippen LogP contribution in [0.15, 0.2) is 72.8 Å². The number of ether oxygens (including phenoxy) is 1. The minimum absolute atomic E-state index is 0.0756. The van der Waals surface area contributed by atoms with Crippen LogP contribution in [0.25, 0.3) is 0 Å². The summed E-state index contributed by atoms with van der Waals surface area (Å²) in [4.78, 5) is 33.6. The van der Waals surface area contributed by atoms with Crippen molar-refractivity contribution in [2.45, 2.75) is 6.42 Å². The van der Waals surface area contributed by atoms with E-state index in [4.69, 9.17) is 4.74 Å². The number of aldehydes is 1. The number of nitro groups is 1. The van der Waals surface area contributed by atoms with Gasteiger partial charge in [-0.2, -0.15) is 0 Å². The number of amides is 1. The molecule has 0 bridgehead atoms. The van der Waals surface area contributed by atoms with Crippen LogP contribution < -0.4 is 10.1 Å². The van der Waals surface area contributed by atoms with E-state index in [0.29, 0.717) is 18.4 Å². The standard InChI is InChI=1S/C22H18N2O5/c25-14-17-10-11-21(20(13-17)24(27)28)29-15-22(26)23-19-9-5-4-8-18(19)12-16-6-2-1-3-7-16/h1-11,13-14H,12,15H2,(H,23,26). The zero-order valence-electron chi connectivity index (χ0n) is 15.4. The molecule has 0 aliphatic carbocycles. The Kier molecular flexibility index (Phi) is 6.32. The van der Waals surface area contributed by atoms with Crippen molar-refractivity contribution in [3.8, 4) is 5.75 Å². The van der Waals surface area contributed by atoms with Gasteiger partial charge in [0.15, 0.2) is 12.4 Å². The van der Waals surface area contributed by atoms with Crippen LogP contribution in [-0.2, 0) is 11.2 Å². The molecule has 0 saturated carbocycles. The van der Waals surface area contributed by atoms with Gasteiger partial charge in [-0.15, -0.1) is 0 Å². The largest absolute Gasteiger partial charge is 0.477 e. The van der Waals surface area contributed by atoms with Gasteiger partial charge in [-0.1, -0.05) is 48.5 Å². The summed E-state index contributed by atoms with van der Waals surface area (Å²) in [6, 6.07) is 21.1. The lowest BCUT2D eigenvalue weighted by atomic mass is 10.0. The predicted octanol–water partition coefficient (Wildman–Crippen LogP) is 4.02. The molecule has 0 radical (unpaired) electrons. The van der Waals surface area contributed by atoms with E-state index >= 15 is 0 Å². The molecule has 0 aliphatic rings. The van der Waals surface area contributed by atoms with E-state index in [1.807, 2.05) is 48.5 Å². The molecular weight excluding hydrogens is 372 g/mol. The van der Waals surface area contributed by atoms with Crippen molar-refractivity contribution in [3.63, 3.8) is 0 Å². The van der Waals surface area contributed by atoms with E-state index < -0.39 is 17.4 Å². The van der Waals surface area contributed by atoms with Crippen molar-refractivity contribution in [2.75, 3.05) is 11.9 Å². The number of hydrogen-bond acceptors (Lipinski definition) is 5. The first-order valence-electron chi connectivity index (χ1n) is 8.85. The zero-order valence-corrected chi connectivity index (χ0v) is 15.4. The fourth-order valence-corrected chi connectivity index (χ4v) is 2.81. The molecule has 7 heteroatoms. The number of hydrogen-bond donors (Lipinski definition) is 1. The van der Waals surface area contributed by atoms with Gasteiger partial charge in [0.1, 0.15) is 6.29 Å². The van der Waals surface area contributed by atoms with Gasteiger partial charge in [0.25, 0.3) is 5.91 Å². The molecule has 0 fully saturated rings. The maximum absolute atomic E-state index is 12.3. The number of nitro benzene ring substituents is 1. The van der Waals surface area contributed by atoms with Crippen molar-refractivity contribution in [1.82, 2.24) is 0 Å². The second-order valence-corrected chi connectivity index (χ2v) is 6.26. The monoisotopic (exact) mass is 390 g/mol. The van der Waals surface area contributed by atoms with Gasteiger partial charge in [0, 0.05) is 17.3 Å². The smallest absolute Gasteiger partial charge is 0.311 e. The maximum atomic E-state index is 12.3. The molecule has 0 unspecified atom stereocenters. The minimum atomic E-state index is -0.657. The summed E-state index contributed by atoms with van der Waals surface area (Å²) in [6.45, 7) is -0.402. The fraction of sp³-hybridized carbons (Fsp3) is 0.0909. The maximum Gasteiger partial charge on any atom is 0.311 e. The third-order valence-electron chi connectivity index (χ3n) is 4.20. The number of carbonyl (C=O) groups is 2. The molecule has 1 N–H and O–H groups in total. The van der Waals surface area contributed by atoms with E-state index in [9.17, 15) is 19.7 Å². The Balaban J connectivity index is 1.68. The third-order valence-corrected chi connectivity index (χ3v) is 4.20. The van der Waals surface area contributed by atoms with E-state index in [1.54, 1.807) is 6.07 Å². The molecule has 0 spiro atoms. The highest BCUT2D eigenvalue weighted by atomic mass is 16.6. The second kappa shape index (κ2) is 9.27. The number of carbonyl (C=O) groups excluding carboxylic acids is 2. The first-order chi connectivity index (χ1) is 14.1.